The van der Waals surface area contributed by atoms with Crippen LogP contribution in [-0.2, 0) is 0 Å². The van der Waals surface area contributed by atoms with Crippen LogP contribution in [0.5, 0.6) is 5.75 Å². The second-order valence-electron chi connectivity index (χ2n) is 5.49. The molecule has 0 amide bonds. The number of benzene rings is 1. The molecular weight excluding hydrogens is 240 g/mol. The van der Waals surface area contributed by atoms with Crippen LogP contribution >= 0.6 is 0 Å². The van der Waals surface area contributed by atoms with E-state index in [-0.39, 0.29) is 11.4 Å². The molecule has 1 aromatic heterocycles. The lowest BCUT2D eigenvalue weighted by atomic mass is 9.82. The van der Waals surface area contributed by atoms with Crippen LogP contribution in [0.2, 0.25) is 0 Å². The lowest BCUT2D eigenvalue weighted by Crippen LogP contribution is -2.07. The highest BCUT2D eigenvalue weighted by atomic mass is 16.4. The minimum atomic E-state index is -0.356. The third-order valence-corrected chi connectivity index (χ3v) is 4.10. The Morgan fingerprint density at radius 3 is 2.63 bits per heavy atom. The lowest BCUT2D eigenvalue weighted by molar-refractivity contribution is 0.439. The Morgan fingerprint density at radius 2 is 1.89 bits per heavy atom. The molecule has 1 saturated carbocycles. The van der Waals surface area contributed by atoms with Gasteiger partial charge in [0.05, 0.1) is 0 Å². The van der Waals surface area contributed by atoms with Gasteiger partial charge in [-0.15, -0.1) is 0 Å². The molecule has 1 aliphatic rings. The average molecular weight is 258 g/mol. The Hall–Kier alpha value is -1.77. The van der Waals surface area contributed by atoms with Crippen LogP contribution < -0.4 is 5.63 Å². The molecule has 3 rings (SSSR count). The highest BCUT2D eigenvalue weighted by Crippen LogP contribution is 2.38. The summed E-state index contributed by atoms with van der Waals surface area (Å²) in [5.41, 5.74) is 2.22. The number of phenols is 1. The quantitative estimate of drug-likeness (QED) is 0.790. The first kappa shape index (κ1) is 12.3. The van der Waals surface area contributed by atoms with Gasteiger partial charge in [0.25, 0.3) is 0 Å². The maximum Gasteiger partial charge on any atom is 0.336 e. The monoisotopic (exact) mass is 258 g/mol. The largest absolute Gasteiger partial charge is 0.508 e. The normalized spacial score (nSPS) is 16.9. The van der Waals surface area contributed by atoms with Crippen LogP contribution in [0.4, 0.5) is 0 Å². The van der Waals surface area contributed by atoms with E-state index in [0.717, 1.165) is 29.4 Å². The predicted octanol–water partition coefficient (Wildman–Crippen LogP) is 3.85. The van der Waals surface area contributed by atoms with Crippen molar-refractivity contribution in [2.75, 3.05) is 0 Å². The molecule has 1 fully saturated rings. The number of aromatic hydroxyl groups is 1. The van der Waals surface area contributed by atoms with Gasteiger partial charge in [-0.05, 0) is 42.9 Å². The Morgan fingerprint density at radius 1 is 1.16 bits per heavy atom. The van der Waals surface area contributed by atoms with Gasteiger partial charge in [0.2, 0.25) is 0 Å². The van der Waals surface area contributed by atoms with Crippen molar-refractivity contribution < 1.29 is 9.52 Å². The summed E-state index contributed by atoms with van der Waals surface area (Å²) in [7, 11) is 0. The first-order chi connectivity index (χ1) is 9.15. The van der Waals surface area contributed by atoms with Crippen LogP contribution in [0.25, 0.3) is 11.0 Å². The zero-order valence-corrected chi connectivity index (χ0v) is 11.1. The topological polar surface area (TPSA) is 50.4 Å². The van der Waals surface area contributed by atoms with E-state index >= 15 is 0 Å². The summed E-state index contributed by atoms with van der Waals surface area (Å²) >= 11 is 0. The molecule has 0 bridgehead atoms. The molecule has 3 nitrogen and oxygen atoms in total. The SMILES string of the molecule is Cc1cc(=O)oc2cc(O)cc(C3CCCCC3)c12. The third-order valence-electron chi connectivity index (χ3n) is 4.10. The average Bonchev–Trinajstić information content (AvgIpc) is 2.38. The maximum absolute atomic E-state index is 11.5. The number of fused-ring (bicyclic) bond motifs is 1. The number of aryl methyl sites for hydroxylation is 1. The summed E-state index contributed by atoms with van der Waals surface area (Å²) < 4.78 is 5.24. The highest BCUT2D eigenvalue weighted by molar-refractivity contribution is 5.85. The molecule has 0 radical (unpaired) electrons. The second-order valence-corrected chi connectivity index (χ2v) is 5.49. The zero-order valence-electron chi connectivity index (χ0n) is 11.1. The number of hydrogen-bond donors (Lipinski definition) is 1. The summed E-state index contributed by atoms with van der Waals surface area (Å²) in [6, 6.07) is 4.91. The fraction of sp³-hybridized carbons (Fsp3) is 0.438. The van der Waals surface area contributed by atoms with Crippen molar-refractivity contribution in [2.45, 2.75) is 44.9 Å². The first-order valence-electron chi connectivity index (χ1n) is 6.92. The van der Waals surface area contributed by atoms with Gasteiger partial charge < -0.3 is 9.52 Å². The van der Waals surface area contributed by atoms with Crippen molar-refractivity contribution in [3.05, 3.63) is 39.7 Å². The van der Waals surface area contributed by atoms with E-state index in [4.69, 9.17) is 4.42 Å². The minimum Gasteiger partial charge on any atom is -0.508 e. The van der Waals surface area contributed by atoms with Crippen LogP contribution in [-0.4, -0.2) is 5.11 Å². The zero-order chi connectivity index (χ0) is 13.4. The van der Waals surface area contributed by atoms with Gasteiger partial charge in [-0.2, -0.15) is 0 Å². The third kappa shape index (κ3) is 2.25. The summed E-state index contributed by atoms with van der Waals surface area (Å²) in [4.78, 5) is 11.5. The molecule has 2 aromatic rings. The second kappa shape index (κ2) is 4.72. The molecule has 1 aromatic carbocycles. The van der Waals surface area contributed by atoms with Crippen LogP contribution in [0.15, 0.2) is 27.4 Å². The predicted molar refractivity (Wildman–Crippen MR) is 74.7 cm³/mol. The molecule has 1 aliphatic carbocycles. The molecule has 3 heteroatoms. The molecule has 100 valence electrons. The van der Waals surface area contributed by atoms with E-state index in [0.29, 0.717) is 11.5 Å². The summed E-state index contributed by atoms with van der Waals surface area (Å²) in [6.45, 7) is 1.93. The molecular formula is C16H18O3. The van der Waals surface area contributed by atoms with Gasteiger partial charge >= 0.3 is 5.63 Å². The summed E-state index contributed by atoms with van der Waals surface area (Å²) in [6.07, 6.45) is 6.06. The van der Waals surface area contributed by atoms with Crippen molar-refractivity contribution in [3.8, 4) is 5.75 Å². The van der Waals surface area contributed by atoms with Gasteiger partial charge in [0.1, 0.15) is 11.3 Å². The number of hydrogen-bond acceptors (Lipinski definition) is 3. The fourth-order valence-electron chi connectivity index (χ4n) is 3.25. The van der Waals surface area contributed by atoms with Crippen LogP contribution in [0.3, 0.4) is 0 Å². The van der Waals surface area contributed by atoms with E-state index in [1.54, 1.807) is 0 Å². The van der Waals surface area contributed by atoms with Crippen molar-refractivity contribution >= 4 is 11.0 Å². The lowest BCUT2D eigenvalue weighted by Gasteiger charge is -2.23. The Labute approximate surface area is 111 Å². The molecule has 19 heavy (non-hydrogen) atoms. The highest BCUT2D eigenvalue weighted by Gasteiger charge is 2.20. The smallest absolute Gasteiger partial charge is 0.336 e. The van der Waals surface area contributed by atoms with Gasteiger partial charge in [-0.1, -0.05) is 19.3 Å². The van der Waals surface area contributed by atoms with E-state index in [9.17, 15) is 9.90 Å². The van der Waals surface area contributed by atoms with E-state index in [1.807, 2.05) is 13.0 Å². The van der Waals surface area contributed by atoms with E-state index in [1.165, 1.54) is 31.4 Å². The van der Waals surface area contributed by atoms with Gasteiger partial charge in [-0.3, -0.25) is 0 Å². The Kier molecular flexibility index (Phi) is 3.05. The molecule has 0 saturated heterocycles. The van der Waals surface area contributed by atoms with Gasteiger partial charge in [-0.25, -0.2) is 4.79 Å². The standard InChI is InChI=1S/C16H18O3/c1-10-7-15(18)19-14-9-12(17)8-13(16(10)14)11-5-3-2-4-6-11/h7-9,11,17H,2-6H2,1H3. The fourth-order valence-corrected chi connectivity index (χ4v) is 3.25. The van der Waals surface area contributed by atoms with Crippen molar-refractivity contribution in [1.82, 2.24) is 0 Å². The first-order valence-corrected chi connectivity index (χ1v) is 6.92. The van der Waals surface area contributed by atoms with E-state index < -0.39 is 0 Å². The van der Waals surface area contributed by atoms with Crippen LogP contribution in [0, 0.1) is 6.92 Å². The number of rotatable bonds is 1. The number of phenolic OH excluding ortho intramolecular Hbond substituents is 1. The summed E-state index contributed by atoms with van der Waals surface area (Å²) in [5, 5.41) is 10.9. The molecule has 0 atom stereocenters. The summed E-state index contributed by atoms with van der Waals surface area (Å²) in [5.74, 6) is 0.650. The Bertz CT molecular complexity index is 663. The molecule has 1 heterocycles. The van der Waals surface area contributed by atoms with Crippen LogP contribution in [0.1, 0.15) is 49.1 Å². The van der Waals surface area contributed by atoms with Gasteiger partial charge in [0, 0.05) is 17.5 Å². The minimum absolute atomic E-state index is 0.182. The van der Waals surface area contributed by atoms with Crippen molar-refractivity contribution in [2.24, 2.45) is 0 Å². The molecule has 1 N–H and O–H groups in total. The maximum atomic E-state index is 11.5. The van der Waals surface area contributed by atoms with Crippen molar-refractivity contribution in [1.29, 1.82) is 0 Å². The van der Waals surface area contributed by atoms with Gasteiger partial charge in [0.15, 0.2) is 0 Å². The van der Waals surface area contributed by atoms with Crippen molar-refractivity contribution in [3.63, 3.8) is 0 Å². The van der Waals surface area contributed by atoms with E-state index in [2.05, 4.69) is 0 Å². The molecule has 0 spiro atoms. The molecule has 0 aliphatic heterocycles. The molecule has 0 unspecified atom stereocenters. The Balaban J connectivity index is 2.24.